The van der Waals surface area contributed by atoms with E-state index in [0.717, 1.165) is 18.8 Å². The van der Waals surface area contributed by atoms with Gasteiger partial charge in [0.2, 0.25) is 5.91 Å². The average Bonchev–Trinajstić information content (AvgIpc) is 2.62. The van der Waals surface area contributed by atoms with Crippen LogP contribution in [0.1, 0.15) is 16.1 Å². The highest BCUT2D eigenvalue weighted by atomic mass is 16.5. The predicted octanol–water partition coefficient (Wildman–Crippen LogP) is 0.00662. The summed E-state index contributed by atoms with van der Waals surface area (Å²) >= 11 is 0. The normalized spacial score (nSPS) is 19.4. The minimum atomic E-state index is 0.000813. The van der Waals surface area contributed by atoms with Crippen LogP contribution >= 0.6 is 0 Å². The van der Waals surface area contributed by atoms with Crippen LogP contribution in [-0.4, -0.2) is 90.5 Å². The monoisotopic (exact) mass is 332 g/mol. The summed E-state index contributed by atoms with van der Waals surface area (Å²) in [6, 6.07) is 3.59. The molecule has 7 nitrogen and oxygen atoms in total. The lowest BCUT2D eigenvalue weighted by molar-refractivity contribution is -0.134. The molecule has 0 spiro atoms. The van der Waals surface area contributed by atoms with E-state index in [9.17, 15) is 9.59 Å². The molecule has 0 N–H and O–H groups in total. The number of morpholine rings is 1. The van der Waals surface area contributed by atoms with Crippen molar-refractivity contribution in [3.63, 3.8) is 0 Å². The second-order valence-electron chi connectivity index (χ2n) is 6.20. The third kappa shape index (κ3) is 3.91. The Hall–Kier alpha value is -1.99. The fraction of sp³-hybridized carbons (Fsp3) is 0.588. The van der Waals surface area contributed by atoms with Gasteiger partial charge in [-0.2, -0.15) is 0 Å². The Kier molecular flexibility index (Phi) is 5.42. The van der Waals surface area contributed by atoms with Crippen molar-refractivity contribution in [3.8, 4) is 0 Å². The van der Waals surface area contributed by atoms with Gasteiger partial charge in [0.15, 0.2) is 0 Å². The SMILES string of the molecule is Cc1ncccc1C(=O)N1CCN(C(=O)CN2CCOCC2)CC1. The zero-order chi connectivity index (χ0) is 16.9. The van der Waals surface area contributed by atoms with Gasteiger partial charge in [-0.25, -0.2) is 0 Å². The first-order chi connectivity index (χ1) is 11.6. The first kappa shape index (κ1) is 16.9. The van der Waals surface area contributed by atoms with Crippen molar-refractivity contribution in [2.24, 2.45) is 0 Å². The summed E-state index contributed by atoms with van der Waals surface area (Å²) in [5, 5.41) is 0. The molecular formula is C17H24N4O3. The van der Waals surface area contributed by atoms with Gasteiger partial charge in [0.05, 0.1) is 25.3 Å². The van der Waals surface area contributed by atoms with E-state index in [0.29, 0.717) is 51.5 Å². The van der Waals surface area contributed by atoms with Crippen molar-refractivity contribution >= 4 is 11.8 Å². The molecule has 0 aliphatic carbocycles. The number of hydrogen-bond donors (Lipinski definition) is 0. The fourth-order valence-electron chi connectivity index (χ4n) is 3.09. The molecule has 2 fully saturated rings. The molecular weight excluding hydrogens is 308 g/mol. The standard InChI is InChI=1S/C17H24N4O3/c1-14-15(3-2-4-18-14)17(23)21-7-5-20(6-8-21)16(22)13-19-9-11-24-12-10-19/h2-4H,5-13H2,1H3. The number of piperazine rings is 1. The molecule has 0 aromatic carbocycles. The number of carbonyl (C=O) groups is 2. The Bertz CT molecular complexity index is 593. The molecule has 2 aliphatic heterocycles. The molecule has 0 saturated carbocycles. The van der Waals surface area contributed by atoms with E-state index in [-0.39, 0.29) is 11.8 Å². The second-order valence-corrected chi connectivity index (χ2v) is 6.20. The molecule has 0 atom stereocenters. The molecule has 3 heterocycles. The Morgan fingerprint density at radius 1 is 1.08 bits per heavy atom. The molecule has 2 saturated heterocycles. The molecule has 2 amide bonds. The highest BCUT2D eigenvalue weighted by Gasteiger charge is 2.26. The first-order valence-corrected chi connectivity index (χ1v) is 8.44. The van der Waals surface area contributed by atoms with Crippen LogP contribution in [0.4, 0.5) is 0 Å². The van der Waals surface area contributed by atoms with E-state index in [4.69, 9.17) is 4.74 Å². The highest BCUT2D eigenvalue weighted by Crippen LogP contribution is 2.11. The van der Waals surface area contributed by atoms with Gasteiger partial charge in [-0.15, -0.1) is 0 Å². The van der Waals surface area contributed by atoms with Crippen molar-refractivity contribution < 1.29 is 14.3 Å². The maximum absolute atomic E-state index is 12.6. The van der Waals surface area contributed by atoms with E-state index in [1.807, 2.05) is 16.7 Å². The lowest BCUT2D eigenvalue weighted by Gasteiger charge is -2.36. The van der Waals surface area contributed by atoms with Crippen molar-refractivity contribution in [3.05, 3.63) is 29.6 Å². The molecule has 1 aromatic rings. The van der Waals surface area contributed by atoms with Crippen LogP contribution in [0, 0.1) is 6.92 Å². The summed E-state index contributed by atoms with van der Waals surface area (Å²) in [5.41, 5.74) is 1.39. The summed E-state index contributed by atoms with van der Waals surface area (Å²) in [7, 11) is 0. The summed E-state index contributed by atoms with van der Waals surface area (Å²) in [4.78, 5) is 34.9. The predicted molar refractivity (Wildman–Crippen MR) is 88.7 cm³/mol. The lowest BCUT2D eigenvalue weighted by Crippen LogP contribution is -2.53. The summed E-state index contributed by atoms with van der Waals surface area (Å²) in [6.07, 6.45) is 1.69. The zero-order valence-corrected chi connectivity index (χ0v) is 14.1. The molecule has 1 aromatic heterocycles. The van der Waals surface area contributed by atoms with Crippen LogP contribution in [0.2, 0.25) is 0 Å². The number of amides is 2. The summed E-state index contributed by atoms with van der Waals surface area (Å²) in [6.45, 7) is 7.62. The number of rotatable bonds is 3. The Balaban J connectivity index is 1.51. The maximum atomic E-state index is 12.6. The molecule has 0 radical (unpaired) electrons. The Morgan fingerprint density at radius 3 is 2.42 bits per heavy atom. The Labute approximate surface area is 142 Å². The van der Waals surface area contributed by atoms with Gasteiger partial charge >= 0.3 is 0 Å². The third-order valence-corrected chi connectivity index (χ3v) is 4.62. The van der Waals surface area contributed by atoms with E-state index in [1.54, 1.807) is 18.3 Å². The van der Waals surface area contributed by atoms with E-state index in [1.165, 1.54) is 0 Å². The Morgan fingerprint density at radius 2 is 1.75 bits per heavy atom. The number of aromatic nitrogens is 1. The van der Waals surface area contributed by atoms with Gasteiger partial charge in [-0.3, -0.25) is 19.5 Å². The molecule has 7 heteroatoms. The second kappa shape index (κ2) is 7.72. The quantitative estimate of drug-likeness (QED) is 0.780. The minimum Gasteiger partial charge on any atom is -0.379 e. The van der Waals surface area contributed by atoms with Crippen LogP contribution < -0.4 is 0 Å². The highest BCUT2D eigenvalue weighted by molar-refractivity contribution is 5.95. The number of aryl methyl sites for hydroxylation is 1. The maximum Gasteiger partial charge on any atom is 0.255 e. The summed E-state index contributed by atoms with van der Waals surface area (Å²) < 4.78 is 5.30. The van der Waals surface area contributed by atoms with Crippen LogP contribution in [0.5, 0.6) is 0 Å². The number of ether oxygens (including phenoxy) is 1. The number of hydrogen-bond acceptors (Lipinski definition) is 5. The largest absolute Gasteiger partial charge is 0.379 e. The van der Waals surface area contributed by atoms with E-state index >= 15 is 0 Å². The van der Waals surface area contributed by atoms with Crippen molar-refractivity contribution in [1.29, 1.82) is 0 Å². The molecule has 24 heavy (non-hydrogen) atoms. The van der Waals surface area contributed by atoms with Crippen molar-refractivity contribution in [2.45, 2.75) is 6.92 Å². The molecule has 0 unspecified atom stereocenters. The van der Waals surface area contributed by atoms with Crippen LogP contribution in [0.25, 0.3) is 0 Å². The van der Waals surface area contributed by atoms with Gasteiger partial charge in [-0.1, -0.05) is 0 Å². The first-order valence-electron chi connectivity index (χ1n) is 8.44. The minimum absolute atomic E-state index is 0.000813. The van der Waals surface area contributed by atoms with Crippen molar-refractivity contribution in [1.82, 2.24) is 19.7 Å². The van der Waals surface area contributed by atoms with Crippen LogP contribution in [0.15, 0.2) is 18.3 Å². The number of nitrogens with zero attached hydrogens (tertiary/aromatic N) is 4. The van der Waals surface area contributed by atoms with E-state index < -0.39 is 0 Å². The molecule has 3 rings (SSSR count). The average molecular weight is 332 g/mol. The molecule has 130 valence electrons. The van der Waals surface area contributed by atoms with E-state index in [2.05, 4.69) is 9.88 Å². The molecule has 0 bridgehead atoms. The van der Waals surface area contributed by atoms with Gasteiger partial charge in [0, 0.05) is 51.2 Å². The van der Waals surface area contributed by atoms with Gasteiger partial charge in [-0.05, 0) is 19.1 Å². The number of pyridine rings is 1. The smallest absolute Gasteiger partial charge is 0.255 e. The molecule has 2 aliphatic rings. The van der Waals surface area contributed by atoms with Crippen LogP contribution in [0.3, 0.4) is 0 Å². The lowest BCUT2D eigenvalue weighted by atomic mass is 10.1. The van der Waals surface area contributed by atoms with Gasteiger partial charge < -0.3 is 14.5 Å². The van der Waals surface area contributed by atoms with Gasteiger partial charge in [0.1, 0.15) is 0 Å². The van der Waals surface area contributed by atoms with Crippen LogP contribution in [-0.2, 0) is 9.53 Å². The zero-order valence-electron chi connectivity index (χ0n) is 14.1. The summed E-state index contributed by atoms with van der Waals surface area (Å²) in [5.74, 6) is 0.141. The number of carbonyl (C=O) groups excluding carboxylic acids is 2. The topological polar surface area (TPSA) is 66.0 Å². The van der Waals surface area contributed by atoms with Gasteiger partial charge in [0.25, 0.3) is 5.91 Å². The van der Waals surface area contributed by atoms with Crippen molar-refractivity contribution in [2.75, 3.05) is 59.0 Å². The third-order valence-electron chi connectivity index (χ3n) is 4.62. The fourth-order valence-corrected chi connectivity index (χ4v) is 3.09.